The van der Waals surface area contributed by atoms with Crippen LogP contribution in [0.4, 0.5) is 5.13 Å². The van der Waals surface area contributed by atoms with Crippen molar-refractivity contribution in [2.24, 2.45) is 0 Å². The van der Waals surface area contributed by atoms with E-state index in [2.05, 4.69) is 25.5 Å². The number of anilines is 1. The normalized spacial score (nSPS) is 18.5. The van der Waals surface area contributed by atoms with E-state index in [1.807, 2.05) is 5.38 Å². The standard InChI is InChI=1S/C12H13N5OS/c18-11(10-14-9(16-17-10)7-3-4-7)15-12-13-8(5-19-12)6-1-2-6/h5-7H,1-4H2,(H,13,15,18)(H,14,16,17). The molecule has 2 saturated carbocycles. The molecular formula is C12H13N5OS. The minimum absolute atomic E-state index is 0.199. The first kappa shape index (κ1) is 11.1. The van der Waals surface area contributed by atoms with Crippen molar-refractivity contribution in [1.82, 2.24) is 20.2 Å². The maximum atomic E-state index is 12.0. The zero-order valence-corrected chi connectivity index (χ0v) is 11.0. The number of rotatable bonds is 4. The highest BCUT2D eigenvalue weighted by atomic mass is 32.1. The molecule has 19 heavy (non-hydrogen) atoms. The Balaban J connectivity index is 1.46. The Kier molecular flexibility index (Phi) is 2.41. The number of aromatic amines is 1. The van der Waals surface area contributed by atoms with Gasteiger partial charge in [-0.05, 0) is 25.7 Å². The van der Waals surface area contributed by atoms with Crippen molar-refractivity contribution >= 4 is 22.4 Å². The number of carbonyl (C=O) groups is 1. The van der Waals surface area contributed by atoms with Gasteiger partial charge in [-0.3, -0.25) is 15.2 Å². The summed E-state index contributed by atoms with van der Waals surface area (Å²) in [6.07, 6.45) is 4.69. The second-order valence-electron chi connectivity index (χ2n) is 5.12. The van der Waals surface area contributed by atoms with Crippen molar-refractivity contribution in [3.63, 3.8) is 0 Å². The van der Waals surface area contributed by atoms with Gasteiger partial charge >= 0.3 is 0 Å². The van der Waals surface area contributed by atoms with E-state index < -0.39 is 0 Å². The van der Waals surface area contributed by atoms with Crippen molar-refractivity contribution in [2.45, 2.75) is 37.5 Å². The predicted molar refractivity (Wildman–Crippen MR) is 70.4 cm³/mol. The molecule has 7 heteroatoms. The first-order chi connectivity index (χ1) is 9.29. The average molecular weight is 275 g/mol. The molecule has 6 nitrogen and oxygen atoms in total. The van der Waals surface area contributed by atoms with Crippen molar-refractivity contribution < 1.29 is 4.79 Å². The third-order valence-electron chi connectivity index (χ3n) is 3.41. The summed E-state index contributed by atoms with van der Waals surface area (Å²) < 4.78 is 0. The summed E-state index contributed by atoms with van der Waals surface area (Å²) in [5.74, 6) is 1.80. The van der Waals surface area contributed by atoms with Gasteiger partial charge in [0.15, 0.2) is 5.13 Å². The van der Waals surface area contributed by atoms with Crippen LogP contribution in [0.1, 0.15) is 59.7 Å². The van der Waals surface area contributed by atoms with Gasteiger partial charge in [-0.2, -0.15) is 0 Å². The van der Waals surface area contributed by atoms with Crippen LogP contribution in [0.25, 0.3) is 0 Å². The molecular weight excluding hydrogens is 262 g/mol. The van der Waals surface area contributed by atoms with E-state index in [9.17, 15) is 4.79 Å². The van der Waals surface area contributed by atoms with Crippen LogP contribution in [0.15, 0.2) is 5.38 Å². The Morgan fingerprint density at radius 1 is 1.26 bits per heavy atom. The number of thiazole rings is 1. The molecule has 1 amide bonds. The molecule has 2 aromatic heterocycles. The number of nitrogens with zero attached hydrogens (tertiary/aromatic N) is 3. The molecule has 2 N–H and O–H groups in total. The zero-order chi connectivity index (χ0) is 12.8. The molecule has 98 valence electrons. The summed E-state index contributed by atoms with van der Waals surface area (Å²) in [6.45, 7) is 0. The molecule has 0 aromatic carbocycles. The molecule has 2 heterocycles. The largest absolute Gasteiger partial charge is 0.297 e. The lowest BCUT2D eigenvalue weighted by Crippen LogP contribution is -2.13. The van der Waals surface area contributed by atoms with Crippen molar-refractivity contribution in [3.8, 4) is 0 Å². The second-order valence-corrected chi connectivity index (χ2v) is 5.98. The second kappa shape index (κ2) is 4.12. The summed E-state index contributed by atoms with van der Waals surface area (Å²) in [5, 5.41) is 12.2. The van der Waals surface area contributed by atoms with Gasteiger partial charge in [0.2, 0.25) is 5.82 Å². The molecule has 2 fully saturated rings. The molecule has 2 aliphatic rings. The molecule has 0 radical (unpaired) electrons. The predicted octanol–water partition coefficient (Wildman–Crippen LogP) is 2.27. The molecule has 2 aliphatic carbocycles. The van der Waals surface area contributed by atoms with Crippen LogP contribution in [-0.2, 0) is 0 Å². The van der Waals surface area contributed by atoms with Crippen molar-refractivity contribution in [3.05, 3.63) is 22.7 Å². The Morgan fingerprint density at radius 3 is 2.79 bits per heavy atom. The lowest BCUT2D eigenvalue weighted by molar-refractivity contribution is 0.101. The van der Waals surface area contributed by atoms with E-state index in [0.29, 0.717) is 17.0 Å². The summed E-state index contributed by atoms with van der Waals surface area (Å²) in [5.41, 5.74) is 1.09. The summed E-state index contributed by atoms with van der Waals surface area (Å²) in [4.78, 5) is 20.6. The Bertz CT molecular complexity index is 626. The third kappa shape index (κ3) is 2.25. The number of nitrogens with one attached hydrogen (secondary N) is 2. The monoisotopic (exact) mass is 275 g/mol. The lowest BCUT2D eigenvalue weighted by Gasteiger charge is -1.96. The van der Waals surface area contributed by atoms with E-state index >= 15 is 0 Å². The van der Waals surface area contributed by atoms with E-state index in [0.717, 1.165) is 24.4 Å². The fraction of sp³-hybridized carbons (Fsp3) is 0.500. The van der Waals surface area contributed by atoms with Crippen LogP contribution in [0, 0.1) is 0 Å². The Labute approximate surface area is 113 Å². The van der Waals surface area contributed by atoms with E-state index in [4.69, 9.17) is 0 Å². The maximum absolute atomic E-state index is 12.0. The quantitative estimate of drug-likeness (QED) is 0.896. The maximum Gasteiger partial charge on any atom is 0.297 e. The van der Waals surface area contributed by atoms with Gasteiger partial charge in [0.25, 0.3) is 5.91 Å². The summed E-state index contributed by atoms with van der Waals surface area (Å²) in [7, 11) is 0. The van der Waals surface area contributed by atoms with Gasteiger partial charge in [-0.25, -0.2) is 9.97 Å². The topological polar surface area (TPSA) is 83.6 Å². The zero-order valence-electron chi connectivity index (χ0n) is 10.2. The fourth-order valence-corrected chi connectivity index (χ4v) is 2.77. The van der Waals surface area contributed by atoms with Crippen molar-refractivity contribution in [1.29, 1.82) is 0 Å². The number of hydrogen-bond acceptors (Lipinski definition) is 5. The van der Waals surface area contributed by atoms with Crippen LogP contribution in [-0.4, -0.2) is 26.1 Å². The lowest BCUT2D eigenvalue weighted by atomic mass is 10.3. The Morgan fingerprint density at radius 2 is 2.05 bits per heavy atom. The summed E-state index contributed by atoms with van der Waals surface area (Å²) in [6, 6.07) is 0. The van der Waals surface area contributed by atoms with Gasteiger partial charge in [0, 0.05) is 17.2 Å². The van der Waals surface area contributed by atoms with Gasteiger partial charge < -0.3 is 0 Å². The SMILES string of the molecule is O=C(Nc1nc(C2CC2)cs1)c1n[nH]c(C2CC2)n1. The van der Waals surface area contributed by atoms with Crippen LogP contribution in [0.3, 0.4) is 0 Å². The molecule has 0 atom stereocenters. The third-order valence-corrected chi connectivity index (χ3v) is 4.18. The molecule has 0 saturated heterocycles. The number of hydrogen-bond donors (Lipinski definition) is 2. The first-order valence-electron chi connectivity index (χ1n) is 6.48. The highest BCUT2D eigenvalue weighted by Gasteiger charge is 2.29. The van der Waals surface area contributed by atoms with Crippen LogP contribution < -0.4 is 5.32 Å². The summed E-state index contributed by atoms with van der Waals surface area (Å²) >= 11 is 1.46. The molecule has 0 unspecified atom stereocenters. The number of amides is 1. The Hall–Kier alpha value is -1.76. The van der Waals surface area contributed by atoms with Gasteiger partial charge in [0.05, 0.1) is 5.69 Å². The van der Waals surface area contributed by atoms with Gasteiger partial charge in [-0.15, -0.1) is 16.4 Å². The van der Waals surface area contributed by atoms with E-state index in [1.165, 1.54) is 24.2 Å². The van der Waals surface area contributed by atoms with E-state index in [-0.39, 0.29) is 11.7 Å². The number of aromatic nitrogens is 4. The molecule has 0 spiro atoms. The highest BCUT2D eigenvalue weighted by Crippen LogP contribution is 2.41. The highest BCUT2D eigenvalue weighted by molar-refractivity contribution is 7.14. The average Bonchev–Trinajstić information content (AvgIpc) is 3.34. The molecule has 4 rings (SSSR count). The molecule has 0 bridgehead atoms. The van der Waals surface area contributed by atoms with Crippen LogP contribution >= 0.6 is 11.3 Å². The van der Waals surface area contributed by atoms with Gasteiger partial charge in [-0.1, -0.05) is 0 Å². The number of carbonyl (C=O) groups excluding carboxylic acids is 1. The fourth-order valence-electron chi connectivity index (χ4n) is 1.98. The molecule has 2 aromatic rings. The smallest absolute Gasteiger partial charge is 0.295 e. The number of H-pyrrole nitrogens is 1. The van der Waals surface area contributed by atoms with E-state index in [1.54, 1.807) is 0 Å². The van der Waals surface area contributed by atoms with Crippen molar-refractivity contribution in [2.75, 3.05) is 5.32 Å². The van der Waals surface area contributed by atoms with Crippen LogP contribution in [0.5, 0.6) is 0 Å². The van der Waals surface area contributed by atoms with Crippen LogP contribution in [0.2, 0.25) is 0 Å². The molecule has 0 aliphatic heterocycles. The minimum Gasteiger partial charge on any atom is -0.295 e. The van der Waals surface area contributed by atoms with Gasteiger partial charge in [0.1, 0.15) is 5.82 Å². The minimum atomic E-state index is -0.292. The first-order valence-corrected chi connectivity index (χ1v) is 7.36.